The maximum absolute atomic E-state index is 13.0. The molecule has 0 atom stereocenters. The number of nitrogens with one attached hydrogen (secondary N) is 1. The van der Waals surface area contributed by atoms with Gasteiger partial charge in [0.05, 0.1) is 6.54 Å². The summed E-state index contributed by atoms with van der Waals surface area (Å²) in [5, 5.41) is 9.46. The van der Waals surface area contributed by atoms with Crippen LogP contribution in [0.15, 0.2) is 0 Å². The van der Waals surface area contributed by atoms with Crippen molar-refractivity contribution < 1.29 is 17.6 Å². The lowest BCUT2D eigenvalue weighted by Crippen LogP contribution is -2.34. The van der Waals surface area contributed by atoms with E-state index in [9.17, 15) is 17.6 Å². The average Bonchev–Trinajstić information content (AvgIpc) is 2.61. The number of aromatic nitrogens is 3. The lowest BCUT2D eigenvalue weighted by Gasteiger charge is -2.19. The van der Waals surface area contributed by atoms with Crippen molar-refractivity contribution in [1.82, 2.24) is 20.1 Å². The molecule has 1 aromatic heterocycles. The minimum Gasteiger partial charge on any atom is -0.308 e. The third-order valence-corrected chi connectivity index (χ3v) is 2.19. The second-order valence-corrected chi connectivity index (χ2v) is 3.19. The van der Waals surface area contributed by atoms with Crippen LogP contribution in [0.3, 0.4) is 0 Å². The predicted molar refractivity (Wildman–Crippen MR) is 41.6 cm³/mol. The summed E-state index contributed by atoms with van der Waals surface area (Å²) < 4.78 is 51.3. The van der Waals surface area contributed by atoms with Crippen molar-refractivity contribution in [3.8, 4) is 0 Å². The van der Waals surface area contributed by atoms with Gasteiger partial charge < -0.3 is 9.88 Å². The summed E-state index contributed by atoms with van der Waals surface area (Å²) in [6.45, 7) is 0.893. The molecule has 0 aromatic carbocycles. The number of hydrogen-bond donors (Lipinski definition) is 1. The summed E-state index contributed by atoms with van der Waals surface area (Å²) >= 11 is 0. The van der Waals surface area contributed by atoms with Crippen LogP contribution in [0.25, 0.3) is 0 Å². The first-order valence-electron chi connectivity index (χ1n) is 4.32. The van der Waals surface area contributed by atoms with E-state index in [1.807, 2.05) is 0 Å². The van der Waals surface area contributed by atoms with Gasteiger partial charge in [-0.25, -0.2) is 8.78 Å². The van der Waals surface area contributed by atoms with Crippen LogP contribution in [0.2, 0.25) is 0 Å². The number of alkyl halides is 4. The zero-order valence-corrected chi connectivity index (χ0v) is 7.55. The lowest BCUT2D eigenvalue weighted by molar-refractivity contribution is -0.143. The molecule has 8 heteroatoms. The molecule has 0 unspecified atom stereocenters. The van der Waals surface area contributed by atoms with Crippen molar-refractivity contribution in [3.05, 3.63) is 11.6 Å². The first-order valence-corrected chi connectivity index (χ1v) is 4.32. The molecule has 2 heterocycles. The average molecular weight is 224 g/mol. The Hall–Kier alpha value is -1.18. The highest BCUT2D eigenvalue weighted by atomic mass is 19.3. The van der Waals surface area contributed by atoms with Gasteiger partial charge in [0, 0.05) is 13.1 Å². The molecule has 1 aromatic rings. The first kappa shape index (κ1) is 10.3. The molecule has 0 saturated carbocycles. The van der Waals surface area contributed by atoms with E-state index in [-0.39, 0.29) is 18.9 Å². The Morgan fingerprint density at radius 1 is 1.33 bits per heavy atom. The molecule has 2 rings (SSSR count). The highest BCUT2D eigenvalue weighted by Crippen LogP contribution is 2.33. The smallest absolute Gasteiger partial charge is 0.308 e. The normalized spacial score (nSPS) is 16.9. The zero-order chi connectivity index (χ0) is 11.1. The van der Waals surface area contributed by atoms with Crippen LogP contribution in [0, 0.1) is 0 Å². The van der Waals surface area contributed by atoms with Gasteiger partial charge in [-0.2, -0.15) is 8.78 Å². The van der Waals surface area contributed by atoms with Crippen molar-refractivity contribution in [2.45, 2.75) is 25.4 Å². The van der Waals surface area contributed by atoms with Gasteiger partial charge in [0.25, 0.3) is 0 Å². The summed E-state index contributed by atoms with van der Waals surface area (Å²) in [7, 11) is 0. The van der Waals surface area contributed by atoms with Crippen LogP contribution < -0.4 is 5.32 Å². The first-order chi connectivity index (χ1) is 7.03. The highest BCUT2D eigenvalue weighted by molar-refractivity contribution is 5.05. The Kier molecular flexibility index (Phi) is 2.37. The van der Waals surface area contributed by atoms with Crippen LogP contribution in [-0.2, 0) is 19.0 Å². The molecule has 0 amide bonds. The molecule has 15 heavy (non-hydrogen) atoms. The maximum Gasteiger partial charge on any atom is 0.365 e. The van der Waals surface area contributed by atoms with Gasteiger partial charge in [-0.15, -0.1) is 10.2 Å². The van der Waals surface area contributed by atoms with Crippen molar-refractivity contribution in [2.75, 3.05) is 6.54 Å². The molecule has 1 N–H and O–H groups in total. The quantitative estimate of drug-likeness (QED) is 0.753. The summed E-state index contributed by atoms with van der Waals surface area (Å²) in [5.74, 6) is -4.92. The van der Waals surface area contributed by atoms with E-state index in [4.69, 9.17) is 0 Å². The van der Waals surface area contributed by atoms with Crippen molar-refractivity contribution in [2.24, 2.45) is 0 Å². The van der Waals surface area contributed by atoms with Gasteiger partial charge in [-0.05, 0) is 0 Å². The Morgan fingerprint density at radius 3 is 2.73 bits per heavy atom. The number of rotatable bonds is 2. The molecule has 0 fully saturated rings. The van der Waals surface area contributed by atoms with Gasteiger partial charge in [0.2, 0.25) is 5.82 Å². The van der Waals surface area contributed by atoms with Crippen molar-refractivity contribution >= 4 is 0 Å². The molecular weight excluding hydrogens is 216 g/mol. The second-order valence-electron chi connectivity index (χ2n) is 3.19. The Morgan fingerprint density at radius 2 is 2.07 bits per heavy atom. The van der Waals surface area contributed by atoms with E-state index in [2.05, 4.69) is 15.5 Å². The molecular formula is C7H8F4N4. The molecule has 0 radical (unpaired) electrons. The SMILES string of the molecule is FC(F)C(F)(F)c1nnc2n1CCNC2. The number of fused-ring (bicyclic) bond motifs is 1. The lowest BCUT2D eigenvalue weighted by atomic mass is 10.3. The Bertz CT molecular complexity index is 362. The fraction of sp³-hybridized carbons (Fsp3) is 0.714. The predicted octanol–water partition coefficient (Wildman–Crippen LogP) is 0.738. The number of halogens is 4. The van der Waals surface area contributed by atoms with Gasteiger partial charge in [-0.3, -0.25) is 0 Å². The summed E-state index contributed by atoms with van der Waals surface area (Å²) in [4.78, 5) is 0. The van der Waals surface area contributed by atoms with E-state index in [0.29, 0.717) is 6.54 Å². The Balaban J connectivity index is 2.40. The van der Waals surface area contributed by atoms with Gasteiger partial charge in [0.1, 0.15) is 5.82 Å². The minimum absolute atomic E-state index is 0.181. The van der Waals surface area contributed by atoms with Crippen LogP contribution in [-0.4, -0.2) is 27.7 Å². The molecule has 4 nitrogen and oxygen atoms in total. The van der Waals surface area contributed by atoms with E-state index in [0.717, 1.165) is 4.57 Å². The van der Waals surface area contributed by atoms with Crippen LogP contribution >= 0.6 is 0 Å². The molecule has 84 valence electrons. The molecule has 0 aliphatic carbocycles. The van der Waals surface area contributed by atoms with Crippen molar-refractivity contribution in [1.29, 1.82) is 0 Å². The van der Waals surface area contributed by atoms with Crippen LogP contribution in [0.5, 0.6) is 0 Å². The summed E-state index contributed by atoms with van der Waals surface area (Å²) in [6, 6.07) is 0. The van der Waals surface area contributed by atoms with E-state index in [1.54, 1.807) is 0 Å². The van der Waals surface area contributed by atoms with Gasteiger partial charge >= 0.3 is 12.3 Å². The highest BCUT2D eigenvalue weighted by Gasteiger charge is 2.48. The topological polar surface area (TPSA) is 42.7 Å². The zero-order valence-electron chi connectivity index (χ0n) is 7.55. The van der Waals surface area contributed by atoms with Gasteiger partial charge in [-0.1, -0.05) is 0 Å². The third kappa shape index (κ3) is 1.58. The fourth-order valence-corrected chi connectivity index (χ4v) is 1.44. The number of hydrogen-bond acceptors (Lipinski definition) is 3. The summed E-state index contributed by atoms with van der Waals surface area (Å²) in [6.07, 6.45) is -3.76. The largest absolute Gasteiger partial charge is 0.365 e. The fourth-order valence-electron chi connectivity index (χ4n) is 1.44. The molecule has 0 saturated heterocycles. The molecule has 1 aliphatic heterocycles. The monoisotopic (exact) mass is 224 g/mol. The van der Waals surface area contributed by atoms with E-state index >= 15 is 0 Å². The summed E-state index contributed by atoms with van der Waals surface area (Å²) in [5.41, 5.74) is 0. The second kappa shape index (κ2) is 3.44. The molecule has 1 aliphatic rings. The molecule has 0 bridgehead atoms. The van der Waals surface area contributed by atoms with Crippen LogP contribution in [0.1, 0.15) is 11.6 Å². The Labute approximate surface area is 82.3 Å². The van der Waals surface area contributed by atoms with Gasteiger partial charge in [0.15, 0.2) is 0 Å². The van der Waals surface area contributed by atoms with E-state index < -0.39 is 18.2 Å². The van der Waals surface area contributed by atoms with Crippen molar-refractivity contribution in [3.63, 3.8) is 0 Å². The van der Waals surface area contributed by atoms with Crippen LogP contribution in [0.4, 0.5) is 17.6 Å². The molecule has 0 spiro atoms. The minimum atomic E-state index is -4.23. The third-order valence-electron chi connectivity index (χ3n) is 2.19. The van der Waals surface area contributed by atoms with E-state index in [1.165, 1.54) is 0 Å². The number of nitrogens with zero attached hydrogens (tertiary/aromatic N) is 3. The standard InChI is InChI=1S/C7H8F4N4/c8-5(9)7(10,11)6-14-13-4-3-12-1-2-15(4)6/h5,12H,1-3H2. The maximum atomic E-state index is 13.0.